The molecule has 0 amide bonds. The van der Waals surface area contributed by atoms with Crippen LogP contribution in [0.1, 0.15) is 69.9 Å². The van der Waals surface area contributed by atoms with Gasteiger partial charge in [0.05, 0.1) is 11.0 Å². The summed E-state index contributed by atoms with van der Waals surface area (Å²) in [5.74, 6) is 0.279. The summed E-state index contributed by atoms with van der Waals surface area (Å²) in [5, 5.41) is 2.38. The maximum absolute atomic E-state index is 7.26. The molecular weight excluding hydrogens is 416 g/mol. The van der Waals surface area contributed by atoms with E-state index in [0.717, 1.165) is 43.1 Å². The number of benzene rings is 2. The van der Waals surface area contributed by atoms with Crippen molar-refractivity contribution in [3.8, 4) is 0 Å². The molecule has 0 aliphatic carbocycles. The molecule has 0 aliphatic heterocycles. The molecule has 0 saturated heterocycles. The highest BCUT2D eigenvalue weighted by atomic mass is 14.8. The lowest BCUT2D eigenvalue weighted by Crippen LogP contribution is -2.57. The Hall–Kier alpha value is -2.82. The molecule has 0 radical (unpaired) electrons. The lowest BCUT2D eigenvalue weighted by atomic mass is 9.62. The topological polar surface area (TPSA) is 77.8 Å². The van der Waals surface area contributed by atoms with Gasteiger partial charge in [-0.05, 0) is 60.6 Å². The highest BCUT2D eigenvalue weighted by Gasteiger charge is 2.44. The second-order valence-corrected chi connectivity index (χ2v) is 9.72. The second-order valence-electron chi connectivity index (χ2n) is 9.72. The Balaban J connectivity index is 1.81. The van der Waals surface area contributed by atoms with Crippen molar-refractivity contribution in [2.24, 2.45) is 11.5 Å². The van der Waals surface area contributed by atoms with Gasteiger partial charge in [-0.1, -0.05) is 70.0 Å². The van der Waals surface area contributed by atoms with Crippen LogP contribution < -0.4 is 11.5 Å². The fourth-order valence-electron chi connectivity index (χ4n) is 5.93. The predicted octanol–water partition coefficient (Wildman–Crippen LogP) is 6.47. The Morgan fingerprint density at radius 2 is 1.38 bits per heavy atom. The quantitative estimate of drug-likeness (QED) is 0.288. The van der Waals surface area contributed by atoms with Gasteiger partial charge in [0.15, 0.2) is 0 Å². The second kappa shape index (κ2) is 10.6. The van der Waals surface area contributed by atoms with Crippen LogP contribution in [0.5, 0.6) is 0 Å². The zero-order chi connectivity index (χ0) is 24.1. The van der Waals surface area contributed by atoms with Crippen molar-refractivity contribution in [1.82, 2.24) is 9.97 Å². The molecule has 4 atom stereocenters. The van der Waals surface area contributed by atoms with Crippen molar-refractivity contribution in [1.29, 1.82) is 0 Å². The molecule has 0 bridgehead atoms. The maximum atomic E-state index is 7.26. The monoisotopic (exact) mass is 454 g/mol. The van der Waals surface area contributed by atoms with E-state index in [1.807, 2.05) is 24.5 Å². The molecule has 4 N–H and O–H groups in total. The normalized spacial score (nSPS) is 16.3. The Labute approximate surface area is 203 Å². The third kappa shape index (κ3) is 4.45. The fourth-order valence-corrected chi connectivity index (χ4v) is 5.93. The molecule has 4 nitrogen and oxygen atoms in total. The predicted molar refractivity (Wildman–Crippen MR) is 144 cm³/mol. The van der Waals surface area contributed by atoms with Gasteiger partial charge in [0.25, 0.3) is 0 Å². The van der Waals surface area contributed by atoms with E-state index >= 15 is 0 Å². The number of hydrogen-bond donors (Lipinski definition) is 2. The van der Waals surface area contributed by atoms with Crippen molar-refractivity contribution in [2.75, 3.05) is 0 Å². The van der Waals surface area contributed by atoms with Crippen LogP contribution in [-0.4, -0.2) is 22.1 Å². The number of pyridine rings is 2. The summed E-state index contributed by atoms with van der Waals surface area (Å²) in [5.41, 5.74) is 18.6. The third-order valence-electron chi connectivity index (χ3n) is 7.56. The average Bonchev–Trinajstić information content (AvgIpc) is 2.86. The Morgan fingerprint density at radius 1 is 0.765 bits per heavy atom. The standard InChI is InChI=1S/C30H38N4/c1-4-10-28(31)30(17-5-2,25-16-19-34-27-14-9-7-12-24(25)27)29(32)20-21(3)22-15-18-33-26-13-8-6-11-23(22)26/h6-9,11-16,18-19,21,28-29H,4-5,10,17,20,31-32H2,1-3H3. The first-order valence-electron chi connectivity index (χ1n) is 12.7. The number of nitrogens with zero attached hydrogens (tertiary/aromatic N) is 2. The summed E-state index contributed by atoms with van der Waals surface area (Å²) in [6.07, 6.45) is 8.64. The molecule has 4 aromatic rings. The van der Waals surface area contributed by atoms with E-state index in [9.17, 15) is 0 Å². The van der Waals surface area contributed by atoms with Crippen LogP contribution in [0.3, 0.4) is 0 Å². The van der Waals surface area contributed by atoms with E-state index < -0.39 is 0 Å². The molecular formula is C30H38N4. The van der Waals surface area contributed by atoms with Gasteiger partial charge in [-0.25, -0.2) is 0 Å². The lowest BCUT2D eigenvalue weighted by Gasteiger charge is -2.46. The third-order valence-corrected chi connectivity index (χ3v) is 7.56. The van der Waals surface area contributed by atoms with Crippen LogP contribution in [0, 0.1) is 0 Å². The molecule has 34 heavy (non-hydrogen) atoms. The molecule has 0 aliphatic rings. The number of rotatable bonds is 10. The number of para-hydroxylation sites is 2. The molecule has 0 saturated carbocycles. The molecule has 4 rings (SSSR count). The van der Waals surface area contributed by atoms with Crippen molar-refractivity contribution < 1.29 is 0 Å². The molecule has 0 spiro atoms. The number of nitrogens with two attached hydrogens (primary N) is 2. The van der Waals surface area contributed by atoms with Gasteiger partial charge in [0.2, 0.25) is 0 Å². The van der Waals surface area contributed by atoms with E-state index in [4.69, 9.17) is 11.5 Å². The average molecular weight is 455 g/mol. The summed E-state index contributed by atoms with van der Waals surface area (Å²) >= 11 is 0. The number of hydrogen-bond acceptors (Lipinski definition) is 4. The molecule has 2 aromatic heterocycles. The van der Waals surface area contributed by atoms with Crippen molar-refractivity contribution in [2.45, 2.75) is 76.3 Å². The van der Waals surface area contributed by atoms with E-state index in [0.29, 0.717) is 0 Å². The Morgan fingerprint density at radius 3 is 2.06 bits per heavy atom. The van der Waals surface area contributed by atoms with Crippen LogP contribution in [0.2, 0.25) is 0 Å². The zero-order valence-corrected chi connectivity index (χ0v) is 20.7. The number of aromatic nitrogens is 2. The number of fused-ring (bicyclic) bond motifs is 2. The SMILES string of the molecule is CCCC(N)C(CCC)(c1ccnc2ccccc12)C(N)CC(C)c1ccnc2ccccc12. The van der Waals surface area contributed by atoms with Crippen LogP contribution in [0.4, 0.5) is 0 Å². The minimum absolute atomic E-state index is 0.0281. The van der Waals surface area contributed by atoms with Gasteiger partial charge in [-0.3, -0.25) is 9.97 Å². The Kier molecular flexibility index (Phi) is 7.60. The molecule has 0 fully saturated rings. The Bertz CT molecular complexity index is 1230. The van der Waals surface area contributed by atoms with Crippen LogP contribution in [-0.2, 0) is 5.41 Å². The van der Waals surface area contributed by atoms with E-state index in [1.165, 1.54) is 21.9 Å². The smallest absolute Gasteiger partial charge is 0.0704 e. The molecule has 4 unspecified atom stereocenters. The first-order valence-corrected chi connectivity index (χ1v) is 12.7. The summed E-state index contributed by atoms with van der Waals surface area (Å²) in [7, 11) is 0. The fraction of sp³-hybridized carbons (Fsp3) is 0.400. The summed E-state index contributed by atoms with van der Waals surface area (Å²) in [6.45, 7) is 6.73. The maximum Gasteiger partial charge on any atom is 0.0704 e. The summed E-state index contributed by atoms with van der Waals surface area (Å²) in [4.78, 5) is 9.19. The van der Waals surface area contributed by atoms with Crippen LogP contribution in [0.15, 0.2) is 73.1 Å². The molecule has 2 heterocycles. The van der Waals surface area contributed by atoms with E-state index in [1.54, 1.807) is 0 Å². The van der Waals surface area contributed by atoms with E-state index in [-0.39, 0.29) is 23.4 Å². The molecule has 4 heteroatoms. The van der Waals surface area contributed by atoms with Crippen molar-refractivity contribution in [3.05, 3.63) is 84.2 Å². The zero-order valence-electron chi connectivity index (χ0n) is 20.7. The van der Waals surface area contributed by atoms with Gasteiger partial charge < -0.3 is 11.5 Å². The van der Waals surface area contributed by atoms with Crippen LogP contribution >= 0.6 is 0 Å². The highest BCUT2D eigenvalue weighted by molar-refractivity contribution is 5.84. The molecule has 2 aromatic carbocycles. The van der Waals surface area contributed by atoms with Crippen LogP contribution in [0.25, 0.3) is 21.8 Å². The summed E-state index contributed by atoms with van der Waals surface area (Å²) < 4.78 is 0. The first-order chi connectivity index (χ1) is 16.5. The lowest BCUT2D eigenvalue weighted by molar-refractivity contribution is 0.232. The van der Waals surface area contributed by atoms with E-state index in [2.05, 4.69) is 79.3 Å². The van der Waals surface area contributed by atoms with Crippen molar-refractivity contribution >= 4 is 21.8 Å². The van der Waals surface area contributed by atoms with Gasteiger partial charge in [0, 0.05) is 40.7 Å². The van der Waals surface area contributed by atoms with Gasteiger partial charge in [-0.2, -0.15) is 0 Å². The largest absolute Gasteiger partial charge is 0.327 e. The van der Waals surface area contributed by atoms with Crippen molar-refractivity contribution in [3.63, 3.8) is 0 Å². The van der Waals surface area contributed by atoms with Gasteiger partial charge in [-0.15, -0.1) is 0 Å². The first kappa shape index (κ1) is 24.3. The highest BCUT2D eigenvalue weighted by Crippen LogP contribution is 2.43. The minimum Gasteiger partial charge on any atom is -0.327 e. The summed E-state index contributed by atoms with van der Waals surface area (Å²) in [6, 6.07) is 20.9. The minimum atomic E-state index is -0.329. The van der Waals surface area contributed by atoms with Gasteiger partial charge >= 0.3 is 0 Å². The van der Waals surface area contributed by atoms with Gasteiger partial charge in [0.1, 0.15) is 0 Å². The molecule has 178 valence electrons.